The van der Waals surface area contributed by atoms with Crippen molar-refractivity contribution in [3.05, 3.63) is 35.9 Å². The van der Waals surface area contributed by atoms with Crippen molar-refractivity contribution < 1.29 is 14.3 Å². The molecule has 0 heterocycles. The van der Waals surface area contributed by atoms with Crippen LogP contribution in [0, 0.1) is 0 Å². The molecule has 0 aliphatic rings. The van der Waals surface area contributed by atoms with E-state index in [2.05, 4.69) is 0 Å². The van der Waals surface area contributed by atoms with Crippen molar-refractivity contribution in [2.75, 3.05) is 20.2 Å². The molecule has 104 valence electrons. The first kappa shape index (κ1) is 15.5. The molecule has 0 N–H and O–H groups in total. The molecule has 5 heteroatoms. The maximum atomic E-state index is 12.1. The second-order valence-corrected chi connectivity index (χ2v) is 4.52. The highest BCUT2D eigenvalue weighted by molar-refractivity contribution is 6.30. The number of alkyl halides is 1. The largest absolute Gasteiger partial charge is 0.466 e. The quantitative estimate of drug-likeness (QED) is 0.595. The fraction of sp³-hybridized carbons (Fsp3) is 0.429. The van der Waals surface area contributed by atoms with Gasteiger partial charge in [-0.05, 0) is 12.5 Å². The molecule has 0 aromatic heterocycles. The van der Waals surface area contributed by atoms with Crippen LogP contribution in [0.5, 0.6) is 0 Å². The normalized spacial score (nSPS) is 11.7. The van der Waals surface area contributed by atoms with Gasteiger partial charge in [0, 0.05) is 13.6 Å². The van der Waals surface area contributed by atoms with Gasteiger partial charge in [-0.1, -0.05) is 30.3 Å². The lowest BCUT2D eigenvalue weighted by molar-refractivity contribution is -0.143. The minimum absolute atomic E-state index is 0.175. The summed E-state index contributed by atoms with van der Waals surface area (Å²) in [7, 11) is 1.62. The minimum Gasteiger partial charge on any atom is -0.466 e. The number of benzene rings is 1. The molecule has 1 aromatic rings. The molecule has 0 aliphatic heterocycles. The predicted octanol–water partition coefficient (Wildman–Crippen LogP) is 2.38. The molecule has 4 nitrogen and oxygen atoms in total. The van der Waals surface area contributed by atoms with Crippen molar-refractivity contribution in [2.45, 2.75) is 18.7 Å². The average Bonchev–Trinajstić information content (AvgIpc) is 2.44. The number of hydrogen-bond donors (Lipinski definition) is 0. The van der Waals surface area contributed by atoms with Crippen LogP contribution in [0.3, 0.4) is 0 Å². The van der Waals surface area contributed by atoms with Crippen molar-refractivity contribution in [1.29, 1.82) is 0 Å². The van der Waals surface area contributed by atoms with Gasteiger partial charge in [-0.2, -0.15) is 0 Å². The van der Waals surface area contributed by atoms with Gasteiger partial charge in [0.15, 0.2) is 0 Å². The lowest BCUT2D eigenvalue weighted by Crippen LogP contribution is -2.32. The van der Waals surface area contributed by atoms with E-state index in [0.717, 1.165) is 5.56 Å². The summed E-state index contributed by atoms with van der Waals surface area (Å²) in [5.41, 5.74) is 0.747. The van der Waals surface area contributed by atoms with Crippen LogP contribution in [-0.2, 0) is 14.3 Å². The third-order valence-electron chi connectivity index (χ3n) is 2.64. The molecule has 0 bridgehead atoms. The van der Waals surface area contributed by atoms with E-state index in [1.807, 2.05) is 18.2 Å². The number of ether oxygens (including phenoxy) is 1. The fourth-order valence-electron chi connectivity index (χ4n) is 1.56. The number of hydrogen-bond acceptors (Lipinski definition) is 3. The van der Waals surface area contributed by atoms with Crippen LogP contribution < -0.4 is 0 Å². The van der Waals surface area contributed by atoms with Crippen LogP contribution in [0.4, 0.5) is 0 Å². The highest BCUT2D eigenvalue weighted by Gasteiger charge is 2.21. The summed E-state index contributed by atoms with van der Waals surface area (Å²) in [5.74, 6) is -0.537. The Balaban J connectivity index is 2.50. The summed E-state index contributed by atoms with van der Waals surface area (Å²) in [6.45, 7) is 2.39. The van der Waals surface area contributed by atoms with E-state index in [4.69, 9.17) is 16.3 Å². The Morgan fingerprint density at radius 2 is 1.95 bits per heavy atom. The maximum Gasteiger partial charge on any atom is 0.307 e. The molecule has 1 unspecified atom stereocenters. The van der Waals surface area contributed by atoms with Gasteiger partial charge in [-0.25, -0.2) is 0 Å². The van der Waals surface area contributed by atoms with E-state index >= 15 is 0 Å². The van der Waals surface area contributed by atoms with Crippen molar-refractivity contribution in [3.63, 3.8) is 0 Å². The van der Waals surface area contributed by atoms with Gasteiger partial charge in [0.25, 0.3) is 0 Å². The fourth-order valence-corrected chi connectivity index (χ4v) is 1.87. The Morgan fingerprint density at radius 3 is 2.53 bits per heavy atom. The van der Waals surface area contributed by atoms with Crippen LogP contribution in [0.15, 0.2) is 30.3 Å². The number of rotatable bonds is 6. The highest BCUT2D eigenvalue weighted by Crippen LogP contribution is 2.22. The molecule has 0 spiro atoms. The number of halogens is 1. The number of esters is 1. The standard InChI is InChI=1S/C14H18ClNO3/c1-3-19-12(17)9-10-16(2)14(18)13(15)11-7-5-4-6-8-11/h4-8,13H,3,9-10H2,1-2H3. The first-order valence-corrected chi connectivity index (χ1v) is 6.59. The Labute approximate surface area is 118 Å². The zero-order valence-corrected chi connectivity index (χ0v) is 11.9. The Morgan fingerprint density at radius 1 is 1.32 bits per heavy atom. The van der Waals surface area contributed by atoms with E-state index in [-0.39, 0.29) is 18.3 Å². The zero-order valence-electron chi connectivity index (χ0n) is 11.1. The molecule has 0 radical (unpaired) electrons. The summed E-state index contributed by atoms with van der Waals surface area (Å²) >= 11 is 6.12. The molecular weight excluding hydrogens is 266 g/mol. The van der Waals surface area contributed by atoms with Crippen molar-refractivity contribution in [3.8, 4) is 0 Å². The summed E-state index contributed by atoms with van der Waals surface area (Å²) in [4.78, 5) is 24.7. The van der Waals surface area contributed by atoms with Crippen molar-refractivity contribution >= 4 is 23.5 Å². The molecule has 0 saturated heterocycles. The molecule has 19 heavy (non-hydrogen) atoms. The number of amides is 1. The van der Waals surface area contributed by atoms with Gasteiger partial charge in [-0.15, -0.1) is 11.6 Å². The van der Waals surface area contributed by atoms with Gasteiger partial charge in [0.2, 0.25) is 5.91 Å². The van der Waals surface area contributed by atoms with E-state index in [9.17, 15) is 9.59 Å². The average molecular weight is 284 g/mol. The van der Waals surface area contributed by atoms with Crippen LogP contribution in [0.1, 0.15) is 24.3 Å². The topological polar surface area (TPSA) is 46.6 Å². The first-order valence-electron chi connectivity index (χ1n) is 6.16. The zero-order chi connectivity index (χ0) is 14.3. The monoisotopic (exact) mass is 283 g/mol. The SMILES string of the molecule is CCOC(=O)CCN(C)C(=O)C(Cl)c1ccccc1. The summed E-state index contributed by atoms with van der Waals surface area (Å²) in [6, 6.07) is 9.12. The smallest absolute Gasteiger partial charge is 0.307 e. The highest BCUT2D eigenvalue weighted by atomic mass is 35.5. The van der Waals surface area contributed by atoms with E-state index in [1.165, 1.54) is 4.90 Å². The molecular formula is C14H18ClNO3. The second kappa shape index (κ2) is 7.79. The van der Waals surface area contributed by atoms with E-state index in [1.54, 1.807) is 26.1 Å². The number of carbonyl (C=O) groups is 2. The molecule has 1 amide bonds. The Kier molecular flexibility index (Phi) is 6.36. The molecule has 0 aliphatic carbocycles. The number of nitrogens with zero attached hydrogens (tertiary/aromatic N) is 1. The molecule has 1 rings (SSSR count). The molecule has 1 atom stereocenters. The van der Waals surface area contributed by atoms with Gasteiger partial charge in [0.05, 0.1) is 13.0 Å². The molecule has 1 aromatic carbocycles. The third-order valence-corrected chi connectivity index (χ3v) is 3.08. The van der Waals surface area contributed by atoms with Gasteiger partial charge in [-0.3, -0.25) is 9.59 Å². The van der Waals surface area contributed by atoms with Crippen molar-refractivity contribution in [1.82, 2.24) is 4.90 Å². The number of likely N-dealkylation sites (N-methyl/N-ethyl adjacent to an activating group) is 1. The third kappa shape index (κ3) is 4.91. The van der Waals surface area contributed by atoms with Crippen LogP contribution in [-0.4, -0.2) is 37.0 Å². The Hall–Kier alpha value is -1.55. The summed E-state index contributed by atoms with van der Waals surface area (Å²) in [5, 5.41) is -0.728. The molecule has 0 fully saturated rings. The van der Waals surface area contributed by atoms with Gasteiger partial charge in [0.1, 0.15) is 5.38 Å². The van der Waals surface area contributed by atoms with E-state index in [0.29, 0.717) is 13.2 Å². The molecule has 0 saturated carbocycles. The van der Waals surface area contributed by atoms with Crippen LogP contribution in [0.25, 0.3) is 0 Å². The summed E-state index contributed by atoms with van der Waals surface area (Å²) in [6.07, 6.45) is 0.175. The number of carbonyl (C=O) groups excluding carboxylic acids is 2. The summed E-state index contributed by atoms with van der Waals surface area (Å²) < 4.78 is 4.81. The minimum atomic E-state index is -0.728. The predicted molar refractivity (Wildman–Crippen MR) is 73.9 cm³/mol. The van der Waals surface area contributed by atoms with E-state index < -0.39 is 5.38 Å². The first-order chi connectivity index (χ1) is 9.06. The lowest BCUT2D eigenvalue weighted by atomic mass is 10.1. The lowest BCUT2D eigenvalue weighted by Gasteiger charge is -2.20. The maximum absolute atomic E-state index is 12.1. The Bertz CT molecular complexity index is 422. The van der Waals surface area contributed by atoms with Crippen LogP contribution in [0.2, 0.25) is 0 Å². The van der Waals surface area contributed by atoms with Gasteiger partial charge < -0.3 is 9.64 Å². The van der Waals surface area contributed by atoms with Gasteiger partial charge >= 0.3 is 5.97 Å². The van der Waals surface area contributed by atoms with Crippen molar-refractivity contribution in [2.24, 2.45) is 0 Å². The second-order valence-electron chi connectivity index (χ2n) is 4.09. The van der Waals surface area contributed by atoms with Crippen LogP contribution >= 0.6 is 11.6 Å².